The fourth-order valence-electron chi connectivity index (χ4n) is 1.85. The van der Waals surface area contributed by atoms with Crippen molar-refractivity contribution >= 4 is 11.6 Å². The maximum Gasteiger partial charge on any atom is 0.253 e. The molecule has 0 fully saturated rings. The number of halogens is 1. The van der Waals surface area contributed by atoms with Crippen LogP contribution in [0.3, 0.4) is 0 Å². The van der Waals surface area contributed by atoms with E-state index in [0.29, 0.717) is 12.2 Å². The first-order valence-electron chi connectivity index (χ1n) is 6.70. The van der Waals surface area contributed by atoms with Crippen LogP contribution in [0.4, 0.5) is 10.1 Å². The van der Waals surface area contributed by atoms with Crippen LogP contribution < -0.4 is 10.6 Å². The molecule has 5 nitrogen and oxygen atoms in total. The lowest BCUT2D eigenvalue weighted by Crippen LogP contribution is -2.25. The molecule has 6 heteroatoms. The Balaban J connectivity index is 2.10. The van der Waals surface area contributed by atoms with Crippen molar-refractivity contribution in [2.75, 3.05) is 11.9 Å². The lowest BCUT2D eigenvalue weighted by molar-refractivity contribution is 0.0951. The number of benzene rings is 1. The van der Waals surface area contributed by atoms with E-state index in [1.54, 1.807) is 18.5 Å². The van der Waals surface area contributed by atoms with E-state index in [4.69, 9.17) is 0 Å². The topological polar surface area (TPSA) is 66.9 Å². The molecule has 2 N–H and O–H groups in total. The number of rotatable bonds is 5. The van der Waals surface area contributed by atoms with Crippen molar-refractivity contribution in [2.24, 2.45) is 0 Å². The summed E-state index contributed by atoms with van der Waals surface area (Å²) < 4.78 is 13.7. The summed E-state index contributed by atoms with van der Waals surface area (Å²) in [5, 5.41) is 5.58. The molecule has 21 heavy (non-hydrogen) atoms. The molecule has 1 aromatic heterocycles. The SMILES string of the molecule is CCNc1c(F)cccc1C(=O)NCc1cnc(C)cn1. The highest BCUT2D eigenvalue weighted by Gasteiger charge is 2.14. The first-order chi connectivity index (χ1) is 10.1. The van der Waals surface area contributed by atoms with Gasteiger partial charge in [-0.05, 0) is 26.0 Å². The number of para-hydroxylation sites is 1. The van der Waals surface area contributed by atoms with Crippen LogP contribution in [-0.2, 0) is 6.54 Å². The highest BCUT2D eigenvalue weighted by Crippen LogP contribution is 2.19. The summed E-state index contributed by atoms with van der Waals surface area (Å²) in [4.78, 5) is 20.4. The average molecular weight is 288 g/mol. The zero-order chi connectivity index (χ0) is 15.2. The standard InChI is InChI=1S/C15H17FN4O/c1-3-17-14-12(5-4-6-13(14)16)15(21)20-9-11-8-18-10(2)7-19-11/h4-8,17H,3,9H2,1-2H3,(H,20,21). The molecule has 1 amide bonds. The smallest absolute Gasteiger partial charge is 0.253 e. The van der Waals surface area contributed by atoms with Crippen LogP contribution in [0.5, 0.6) is 0 Å². The molecule has 0 saturated carbocycles. The van der Waals surface area contributed by atoms with Gasteiger partial charge in [0.15, 0.2) is 0 Å². The molecule has 0 aliphatic heterocycles. The number of hydrogen-bond donors (Lipinski definition) is 2. The van der Waals surface area contributed by atoms with Gasteiger partial charge < -0.3 is 10.6 Å². The Morgan fingerprint density at radius 1 is 1.29 bits per heavy atom. The monoisotopic (exact) mass is 288 g/mol. The van der Waals surface area contributed by atoms with Gasteiger partial charge in [-0.15, -0.1) is 0 Å². The number of anilines is 1. The number of aryl methyl sites for hydroxylation is 1. The van der Waals surface area contributed by atoms with Crippen LogP contribution in [-0.4, -0.2) is 22.4 Å². The van der Waals surface area contributed by atoms with Gasteiger partial charge in [0.2, 0.25) is 0 Å². The number of carbonyl (C=O) groups is 1. The number of nitrogens with zero attached hydrogens (tertiary/aromatic N) is 2. The molecule has 2 aromatic rings. The second-order valence-electron chi connectivity index (χ2n) is 4.52. The molecule has 0 unspecified atom stereocenters. The van der Waals surface area contributed by atoms with Crippen molar-refractivity contribution in [1.82, 2.24) is 15.3 Å². The van der Waals surface area contributed by atoms with E-state index in [0.717, 1.165) is 5.69 Å². The largest absolute Gasteiger partial charge is 0.382 e. The average Bonchev–Trinajstić information content (AvgIpc) is 2.48. The summed E-state index contributed by atoms with van der Waals surface area (Å²) in [6.07, 6.45) is 3.24. The van der Waals surface area contributed by atoms with Crippen molar-refractivity contribution in [3.8, 4) is 0 Å². The summed E-state index contributed by atoms with van der Waals surface area (Å²) in [6.45, 7) is 4.46. The van der Waals surface area contributed by atoms with Crippen molar-refractivity contribution in [1.29, 1.82) is 0 Å². The Morgan fingerprint density at radius 3 is 2.76 bits per heavy atom. The van der Waals surface area contributed by atoms with E-state index in [1.807, 2.05) is 13.8 Å². The van der Waals surface area contributed by atoms with E-state index < -0.39 is 5.82 Å². The molecule has 0 aliphatic carbocycles. The minimum atomic E-state index is -0.445. The van der Waals surface area contributed by atoms with Gasteiger partial charge in [0, 0.05) is 12.7 Å². The minimum Gasteiger partial charge on any atom is -0.382 e. The van der Waals surface area contributed by atoms with E-state index >= 15 is 0 Å². The Bertz CT molecular complexity index is 628. The number of aromatic nitrogens is 2. The molecule has 0 aliphatic rings. The Kier molecular flexibility index (Phi) is 4.81. The molecule has 0 saturated heterocycles. The quantitative estimate of drug-likeness (QED) is 0.886. The fourth-order valence-corrected chi connectivity index (χ4v) is 1.85. The fraction of sp³-hybridized carbons (Fsp3) is 0.267. The molecule has 1 aromatic carbocycles. The zero-order valence-electron chi connectivity index (χ0n) is 12.0. The molecule has 2 rings (SSSR count). The number of amides is 1. The van der Waals surface area contributed by atoms with Gasteiger partial charge >= 0.3 is 0 Å². The van der Waals surface area contributed by atoms with Gasteiger partial charge in [0.1, 0.15) is 5.82 Å². The molecule has 0 atom stereocenters. The second-order valence-corrected chi connectivity index (χ2v) is 4.52. The molecule has 110 valence electrons. The van der Waals surface area contributed by atoms with Crippen molar-refractivity contribution in [2.45, 2.75) is 20.4 Å². The predicted molar refractivity (Wildman–Crippen MR) is 78.5 cm³/mol. The third kappa shape index (κ3) is 3.75. The van der Waals surface area contributed by atoms with Gasteiger partial charge in [-0.3, -0.25) is 14.8 Å². The first kappa shape index (κ1) is 14.9. The predicted octanol–water partition coefficient (Wildman–Crippen LogP) is 2.29. The Hall–Kier alpha value is -2.50. The highest BCUT2D eigenvalue weighted by atomic mass is 19.1. The minimum absolute atomic E-state index is 0.215. The zero-order valence-corrected chi connectivity index (χ0v) is 12.0. The summed E-state index contributed by atoms with van der Waals surface area (Å²) in [6, 6.07) is 4.41. The van der Waals surface area contributed by atoms with Crippen LogP contribution in [0.25, 0.3) is 0 Å². The molecule has 0 radical (unpaired) electrons. The van der Waals surface area contributed by atoms with E-state index in [-0.39, 0.29) is 23.7 Å². The maximum atomic E-state index is 13.7. The van der Waals surface area contributed by atoms with Crippen molar-refractivity contribution in [3.05, 3.63) is 53.4 Å². The summed E-state index contributed by atoms with van der Waals surface area (Å²) in [7, 11) is 0. The number of nitrogens with one attached hydrogen (secondary N) is 2. The van der Waals surface area contributed by atoms with Crippen LogP contribution >= 0.6 is 0 Å². The molecule has 1 heterocycles. The van der Waals surface area contributed by atoms with E-state index in [9.17, 15) is 9.18 Å². The summed E-state index contributed by atoms with van der Waals surface area (Å²) >= 11 is 0. The first-order valence-corrected chi connectivity index (χ1v) is 6.70. The third-order valence-corrected chi connectivity index (χ3v) is 2.88. The Labute approximate surface area is 122 Å². The van der Waals surface area contributed by atoms with Crippen LogP contribution in [0.15, 0.2) is 30.6 Å². The van der Waals surface area contributed by atoms with Gasteiger partial charge in [0.25, 0.3) is 5.91 Å². The van der Waals surface area contributed by atoms with Crippen molar-refractivity contribution < 1.29 is 9.18 Å². The van der Waals surface area contributed by atoms with Crippen molar-refractivity contribution in [3.63, 3.8) is 0 Å². The molecule has 0 spiro atoms. The molecular weight excluding hydrogens is 271 g/mol. The van der Waals surface area contributed by atoms with E-state index in [1.165, 1.54) is 12.1 Å². The lowest BCUT2D eigenvalue weighted by atomic mass is 10.1. The molecular formula is C15H17FN4O. The van der Waals surface area contributed by atoms with Crippen LogP contribution in [0.2, 0.25) is 0 Å². The highest BCUT2D eigenvalue weighted by molar-refractivity contribution is 5.99. The normalized spacial score (nSPS) is 10.2. The summed E-state index contributed by atoms with van der Waals surface area (Å²) in [5.74, 6) is -0.799. The Morgan fingerprint density at radius 2 is 2.10 bits per heavy atom. The van der Waals surface area contributed by atoms with E-state index in [2.05, 4.69) is 20.6 Å². The van der Waals surface area contributed by atoms with Gasteiger partial charge in [-0.2, -0.15) is 0 Å². The van der Waals surface area contributed by atoms with Gasteiger partial charge in [-0.1, -0.05) is 6.07 Å². The van der Waals surface area contributed by atoms with Gasteiger partial charge in [0.05, 0.1) is 35.4 Å². The number of carbonyl (C=O) groups excluding carboxylic acids is 1. The maximum absolute atomic E-state index is 13.7. The van der Waals surface area contributed by atoms with Crippen LogP contribution in [0.1, 0.15) is 28.7 Å². The number of hydrogen-bond acceptors (Lipinski definition) is 4. The molecule has 0 bridgehead atoms. The van der Waals surface area contributed by atoms with Gasteiger partial charge in [-0.25, -0.2) is 4.39 Å². The second kappa shape index (κ2) is 6.78. The lowest BCUT2D eigenvalue weighted by Gasteiger charge is -2.11. The third-order valence-electron chi connectivity index (χ3n) is 2.88. The van der Waals surface area contributed by atoms with Crippen LogP contribution in [0, 0.1) is 12.7 Å². The summed E-state index contributed by atoms with van der Waals surface area (Å²) in [5.41, 5.74) is 1.95.